The van der Waals surface area contributed by atoms with E-state index in [1.807, 2.05) is 24.6 Å². The molecule has 0 radical (unpaired) electrons. The highest BCUT2D eigenvalue weighted by Crippen LogP contribution is 2.18. The van der Waals surface area contributed by atoms with Crippen molar-refractivity contribution in [2.45, 2.75) is 13.8 Å². The van der Waals surface area contributed by atoms with Gasteiger partial charge < -0.3 is 5.32 Å². The fourth-order valence-corrected chi connectivity index (χ4v) is 1.59. The molecular weight excluding hydrogens is 170 g/mol. The standard InChI is InChI=1S/C9H11NOS/c1-3-4-9(11)10-8-6-12-5-7(8)2/h3-6H,1-2H3,(H,10,11)/b4-3+. The van der Waals surface area contributed by atoms with E-state index in [1.54, 1.807) is 17.4 Å². The highest BCUT2D eigenvalue weighted by molar-refractivity contribution is 7.08. The lowest BCUT2D eigenvalue weighted by molar-refractivity contribution is -0.111. The van der Waals surface area contributed by atoms with Gasteiger partial charge in [0, 0.05) is 5.38 Å². The first-order valence-corrected chi connectivity index (χ1v) is 4.65. The average Bonchev–Trinajstić information content (AvgIpc) is 2.37. The third-order valence-corrected chi connectivity index (χ3v) is 2.29. The largest absolute Gasteiger partial charge is 0.322 e. The van der Waals surface area contributed by atoms with Crippen molar-refractivity contribution < 1.29 is 4.79 Å². The molecule has 0 spiro atoms. The number of carbonyl (C=O) groups is 1. The Labute approximate surface area is 75.9 Å². The van der Waals surface area contributed by atoms with Crippen molar-refractivity contribution >= 4 is 22.9 Å². The minimum absolute atomic E-state index is 0.0704. The van der Waals surface area contributed by atoms with Crippen LogP contribution >= 0.6 is 11.3 Å². The number of allylic oxidation sites excluding steroid dienone is 1. The molecule has 12 heavy (non-hydrogen) atoms. The second-order valence-electron chi connectivity index (χ2n) is 2.46. The maximum Gasteiger partial charge on any atom is 0.248 e. The van der Waals surface area contributed by atoms with Crippen LogP contribution in [0.2, 0.25) is 0 Å². The summed E-state index contributed by atoms with van der Waals surface area (Å²) in [6.07, 6.45) is 3.23. The van der Waals surface area contributed by atoms with Gasteiger partial charge in [-0.3, -0.25) is 4.79 Å². The number of thiophene rings is 1. The Balaban J connectivity index is 2.64. The molecule has 0 aliphatic carbocycles. The van der Waals surface area contributed by atoms with Crippen molar-refractivity contribution in [1.29, 1.82) is 0 Å². The molecule has 1 aromatic rings. The van der Waals surface area contributed by atoms with Crippen molar-refractivity contribution in [3.63, 3.8) is 0 Å². The molecule has 0 unspecified atom stereocenters. The Hall–Kier alpha value is -1.09. The number of rotatable bonds is 2. The molecule has 1 N–H and O–H groups in total. The van der Waals surface area contributed by atoms with Gasteiger partial charge in [0.05, 0.1) is 5.69 Å². The minimum atomic E-state index is -0.0704. The van der Waals surface area contributed by atoms with E-state index in [9.17, 15) is 4.79 Å². The van der Waals surface area contributed by atoms with E-state index >= 15 is 0 Å². The van der Waals surface area contributed by atoms with Crippen LogP contribution in [0.1, 0.15) is 12.5 Å². The second-order valence-corrected chi connectivity index (χ2v) is 3.20. The lowest BCUT2D eigenvalue weighted by Crippen LogP contribution is -2.07. The zero-order valence-electron chi connectivity index (χ0n) is 7.13. The third kappa shape index (κ3) is 2.20. The first-order valence-electron chi connectivity index (χ1n) is 3.70. The number of aryl methyl sites for hydroxylation is 1. The molecule has 64 valence electrons. The smallest absolute Gasteiger partial charge is 0.248 e. The van der Waals surface area contributed by atoms with E-state index in [0.29, 0.717) is 0 Å². The van der Waals surface area contributed by atoms with Crippen LogP contribution in [0.4, 0.5) is 5.69 Å². The molecule has 0 bridgehead atoms. The van der Waals surface area contributed by atoms with Gasteiger partial charge in [-0.2, -0.15) is 0 Å². The van der Waals surface area contributed by atoms with Gasteiger partial charge in [-0.05, 0) is 30.9 Å². The van der Waals surface area contributed by atoms with Gasteiger partial charge in [0.25, 0.3) is 0 Å². The SMILES string of the molecule is C/C=C/C(=O)Nc1cscc1C. The Bertz CT molecular complexity index is 301. The normalized spacial score (nSPS) is 10.5. The van der Waals surface area contributed by atoms with Gasteiger partial charge in [-0.15, -0.1) is 11.3 Å². The summed E-state index contributed by atoms with van der Waals surface area (Å²) in [5.41, 5.74) is 2.01. The van der Waals surface area contributed by atoms with Crippen LogP contribution in [0.5, 0.6) is 0 Å². The highest BCUT2D eigenvalue weighted by atomic mass is 32.1. The van der Waals surface area contributed by atoms with Crippen molar-refractivity contribution in [2.24, 2.45) is 0 Å². The molecule has 0 aromatic carbocycles. The maximum absolute atomic E-state index is 11.1. The van der Waals surface area contributed by atoms with E-state index in [-0.39, 0.29) is 5.91 Å². The summed E-state index contributed by atoms with van der Waals surface area (Å²) >= 11 is 1.59. The summed E-state index contributed by atoms with van der Waals surface area (Å²) in [5, 5.41) is 6.71. The van der Waals surface area contributed by atoms with Gasteiger partial charge in [0.1, 0.15) is 0 Å². The summed E-state index contributed by atoms with van der Waals surface area (Å²) in [7, 11) is 0. The quantitative estimate of drug-likeness (QED) is 0.698. The zero-order chi connectivity index (χ0) is 8.97. The number of nitrogens with one attached hydrogen (secondary N) is 1. The summed E-state index contributed by atoms with van der Waals surface area (Å²) in [5.74, 6) is -0.0704. The van der Waals surface area contributed by atoms with Crippen molar-refractivity contribution in [3.05, 3.63) is 28.5 Å². The lowest BCUT2D eigenvalue weighted by atomic mass is 10.3. The van der Waals surface area contributed by atoms with E-state index < -0.39 is 0 Å². The van der Waals surface area contributed by atoms with Gasteiger partial charge >= 0.3 is 0 Å². The molecule has 3 heteroatoms. The van der Waals surface area contributed by atoms with Crippen LogP contribution in [0.15, 0.2) is 22.9 Å². The first kappa shape index (κ1) is 9.00. The molecule has 1 amide bonds. The Morgan fingerprint density at radius 3 is 2.83 bits per heavy atom. The molecule has 0 fully saturated rings. The molecule has 0 aliphatic heterocycles. The average molecular weight is 181 g/mol. The molecule has 2 nitrogen and oxygen atoms in total. The van der Waals surface area contributed by atoms with Crippen LogP contribution in [-0.4, -0.2) is 5.91 Å². The number of hydrogen-bond donors (Lipinski definition) is 1. The van der Waals surface area contributed by atoms with Crippen molar-refractivity contribution in [3.8, 4) is 0 Å². The predicted molar refractivity (Wildman–Crippen MR) is 52.5 cm³/mol. The van der Waals surface area contributed by atoms with Crippen LogP contribution < -0.4 is 5.32 Å². The summed E-state index contributed by atoms with van der Waals surface area (Å²) in [4.78, 5) is 11.1. The summed E-state index contributed by atoms with van der Waals surface area (Å²) < 4.78 is 0. The van der Waals surface area contributed by atoms with E-state index in [1.165, 1.54) is 6.08 Å². The van der Waals surface area contributed by atoms with Gasteiger partial charge in [-0.25, -0.2) is 0 Å². The predicted octanol–water partition coefficient (Wildman–Crippen LogP) is 2.57. The third-order valence-electron chi connectivity index (χ3n) is 1.43. The van der Waals surface area contributed by atoms with Crippen molar-refractivity contribution in [1.82, 2.24) is 0 Å². The summed E-state index contributed by atoms with van der Waals surface area (Å²) in [6.45, 7) is 3.79. The Morgan fingerprint density at radius 2 is 2.33 bits per heavy atom. The molecular formula is C9H11NOS. The van der Waals surface area contributed by atoms with E-state index in [0.717, 1.165) is 11.3 Å². The van der Waals surface area contributed by atoms with Crippen LogP contribution in [0.3, 0.4) is 0 Å². The lowest BCUT2D eigenvalue weighted by Gasteiger charge is -1.98. The molecule has 0 atom stereocenters. The van der Waals surface area contributed by atoms with Gasteiger partial charge in [-0.1, -0.05) is 6.08 Å². The zero-order valence-corrected chi connectivity index (χ0v) is 7.94. The van der Waals surface area contributed by atoms with E-state index in [2.05, 4.69) is 5.32 Å². The molecule has 0 aliphatic rings. The van der Waals surface area contributed by atoms with Gasteiger partial charge in [0.2, 0.25) is 5.91 Å². The highest BCUT2D eigenvalue weighted by Gasteiger charge is 2.00. The number of amides is 1. The van der Waals surface area contributed by atoms with Crippen LogP contribution in [0, 0.1) is 6.92 Å². The van der Waals surface area contributed by atoms with E-state index in [4.69, 9.17) is 0 Å². The fraction of sp³-hybridized carbons (Fsp3) is 0.222. The molecule has 1 aromatic heterocycles. The molecule has 0 saturated heterocycles. The van der Waals surface area contributed by atoms with Gasteiger partial charge in [0.15, 0.2) is 0 Å². The molecule has 0 saturated carbocycles. The number of anilines is 1. The molecule has 1 heterocycles. The fourth-order valence-electron chi connectivity index (χ4n) is 0.814. The Morgan fingerprint density at radius 1 is 1.58 bits per heavy atom. The maximum atomic E-state index is 11.1. The van der Waals surface area contributed by atoms with Crippen LogP contribution in [-0.2, 0) is 4.79 Å². The van der Waals surface area contributed by atoms with Crippen LogP contribution in [0.25, 0.3) is 0 Å². The number of hydrogen-bond acceptors (Lipinski definition) is 2. The minimum Gasteiger partial charge on any atom is -0.322 e. The molecule has 1 rings (SSSR count). The second kappa shape index (κ2) is 4.07. The monoisotopic (exact) mass is 181 g/mol. The Kier molecular flexibility index (Phi) is 3.05. The number of carbonyl (C=O) groups excluding carboxylic acids is 1. The topological polar surface area (TPSA) is 29.1 Å². The first-order chi connectivity index (χ1) is 5.74. The summed E-state index contributed by atoms with van der Waals surface area (Å²) in [6, 6.07) is 0. The van der Waals surface area contributed by atoms with Crippen molar-refractivity contribution in [2.75, 3.05) is 5.32 Å².